The summed E-state index contributed by atoms with van der Waals surface area (Å²) in [5.74, 6) is 0.382. The van der Waals surface area contributed by atoms with Gasteiger partial charge in [-0.3, -0.25) is 9.48 Å². The first-order valence-electron chi connectivity index (χ1n) is 9.46. The van der Waals surface area contributed by atoms with Gasteiger partial charge in [-0.1, -0.05) is 23.7 Å². The summed E-state index contributed by atoms with van der Waals surface area (Å²) in [7, 11) is 1.82. The van der Waals surface area contributed by atoms with Gasteiger partial charge in [-0.15, -0.1) is 0 Å². The molecule has 3 N–H and O–H groups in total. The van der Waals surface area contributed by atoms with Gasteiger partial charge >= 0.3 is 0 Å². The zero-order valence-electron chi connectivity index (χ0n) is 16.5. The van der Waals surface area contributed by atoms with Gasteiger partial charge in [0.1, 0.15) is 17.5 Å². The third-order valence-electron chi connectivity index (χ3n) is 4.89. The highest BCUT2D eigenvalue weighted by Gasteiger charge is 2.17. The number of fused-ring (bicyclic) bond motifs is 1. The Morgan fingerprint density at radius 3 is 2.74 bits per heavy atom. The summed E-state index contributed by atoms with van der Waals surface area (Å²) < 4.78 is 15.5. The molecule has 0 aliphatic heterocycles. The number of nitrogens with one attached hydrogen (secondary N) is 2. The summed E-state index contributed by atoms with van der Waals surface area (Å²) in [6.07, 6.45) is 3.39. The van der Waals surface area contributed by atoms with E-state index < -0.39 is 17.8 Å². The van der Waals surface area contributed by atoms with E-state index in [9.17, 15) is 14.3 Å². The average molecular weight is 440 g/mol. The fourth-order valence-corrected chi connectivity index (χ4v) is 3.30. The molecule has 2 heterocycles. The maximum atomic E-state index is 13.8. The van der Waals surface area contributed by atoms with E-state index in [2.05, 4.69) is 20.7 Å². The van der Waals surface area contributed by atoms with E-state index in [0.717, 1.165) is 16.6 Å². The summed E-state index contributed by atoms with van der Waals surface area (Å²) >= 11 is 5.71. The molecule has 9 heteroatoms. The molecule has 158 valence electrons. The summed E-state index contributed by atoms with van der Waals surface area (Å²) in [5.41, 5.74) is 0.823. The largest absolute Gasteiger partial charge is 0.394 e. The maximum absolute atomic E-state index is 13.8. The number of amides is 1. The van der Waals surface area contributed by atoms with E-state index in [0.29, 0.717) is 16.9 Å². The number of halogens is 2. The van der Waals surface area contributed by atoms with Gasteiger partial charge in [0.15, 0.2) is 0 Å². The van der Waals surface area contributed by atoms with Crippen molar-refractivity contribution in [3.05, 3.63) is 82.9 Å². The number of nitrogens with zero attached hydrogens (tertiary/aromatic N) is 3. The molecule has 2 aromatic heterocycles. The first kappa shape index (κ1) is 20.8. The fourth-order valence-electron chi connectivity index (χ4n) is 3.18. The predicted octanol–water partition coefficient (Wildman–Crippen LogP) is 3.97. The fraction of sp³-hybridized carbons (Fsp3) is 0.136. The molecular formula is C22H19ClFN5O2. The van der Waals surface area contributed by atoms with Crippen LogP contribution in [0, 0.1) is 5.82 Å². The lowest BCUT2D eigenvalue weighted by Gasteiger charge is -2.17. The zero-order valence-corrected chi connectivity index (χ0v) is 17.3. The minimum Gasteiger partial charge on any atom is -0.394 e. The molecule has 7 nitrogen and oxygen atoms in total. The molecule has 1 amide bonds. The van der Waals surface area contributed by atoms with Crippen LogP contribution < -0.4 is 10.6 Å². The number of rotatable bonds is 6. The Morgan fingerprint density at radius 1 is 1.19 bits per heavy atom. The van der Waals surface area contributed by atoms with E-state index >= 15 is 0 Å². The van der Waals surface area contributed by atoms with Crippen molar-refractivity contribution in [2.24, 2.45) is 7.05 Å². The lowest BCUT2D eigenvalue weighted by atomic mass is 10.1. The molecule has 0 aliphatic carbocycles. The van der Waals surface area contributed by atoms with E-state index in [1.807, 2.05) is 19.2 Å². The van der Waals surface area contributed by atoms with Crippen LogP contribution in [0.5, 0.6) is 0 Å². The Labute approximate surface area is 182 Å². The van der Waals surface area contributed by atoms with E-state index in [1.165, 1.54) is 12.1 Å². The molecule has 0 bridgehead atoms. The number of pyridine rings is 1. The zero-order chi connectivity index (χ0) is 22.0. The first-order valence-corrected chi connectivity index (χ1v) is 9.84. The van der Waals surface area contributed by atoms with Crippen LogP contribution in [0.2, 0.25) is 5.02 Å². The summed E-state index contributed by atoms with van der Waals surface area (Å²) in [4.78, 5) is 17.2. The predicted molar refractivity (Wildman–Crippen MR) is 117 cm³/mol. The van der Waals surface area contributed by atoms with Gasteiger partial charge in [-0.05, 0) is 41.3 Å². The van der Waals surface area contributed by atoms with Gasteiger partial charge in [0.2, 0.25) is 0 Å². The quantitative estimate of drug-likeness (QED) is 0.423. The van der Waals surface area contributed by atoms with Crippen LogP contribution in [0.25, 0.3) is 10.8 Å². The molecule has 4 rings (SSSR count). The van der Waals surface area contributed by atoms with Crippen LogP contribution in [0.15, 0.2) is 60.9 Å². The van der Waals surface area contributed by atoms with Crippen molar-refractivity contribution in [2.75, 3.05) is 11.9 Å². The number of hydrogen-bond acceptors (Lipinski definition) is 5. The summed E-state index contributed by atoms with van der Waals surface area (Å²) in [5, 5.41) is 21.4. The minimum atomic E-state index is -0.769. The number of carbonyl (C=O) groups is 1. The SMILES string of the molecule is Cn1nccc1Nc1cc2cc(C(=O)N[C@H](CO)c3ccc(Cl)c(F)c3)ccc2cn1. The molecule has 0 radical (unpaired) electrons. The monoisotopic (exact) mass is 439 g/mol. The van der Waals surface area contributed by atoms with Crippen molar-refractivity contribution in [3.8, 4) is 0 Å². The molecule has 0 saturated heterocycles. The molecule has 4 aromatic rings. The van der Waals surface area contributed by atoms with Gasteiger partial charge in [0.25, 0.3) is 5.91 Å². The molecule has 0 spiro atoms. The molecule has 0 unspecified atom stereocenters. The highest BCUT2D eigenvalue weighted by atomic mass is 35.5. The number of hydrogen-bond donors (Lipinski definition) is 3. The standard InChI is InChI=1S/C22H19ClFN5O2/c1-29-21(6-7-26-29)28-20-10-16-8-14(2-3-15(16)11-25-20)22(31)27-19(12-30)13-4-5-17(23)18(24)9-13/h2-11,19,30H,12H2,1H3,(H,25,28)(H,27,31)/t19-/m1/s1. The molecule has 0 aliphatic rings. The lowest BCUT2D eigenvalue weighted by molar-refractivity contribution is 0.0916. The Balaban J connectivity index is 1.56. The van der Waals surface area contributed by atoms with Crippen LogP contribution in [0.1, 0.15) is 22.0 Å². The number of carbonyl (C=O) groups excluding carboxylic acids is 1. The smallest absolute Gasteiger partial charge is 0.251 e. The van der Waals surface area contributed by atoms with Crippen LogP contribution in [-0.4, -0.2) is 32.4 Å². The van der Waals surface area contributed by atoms with Crippen molar-refractivity contribution in [3.63, 3.8) is 0 Å². The van der Waals surface area contributed by atoms with E-state index in [1.54, 1.807) is 41.3 Å². The number of aryl methyl sites for hydroxylation is 1. The van der Waals surface area contributed by atoms with Crippen LogP contribution >= 0.6 is 11.6 Å². The number of benzene rings is 2. The number of aliphatic hydroxyl groups is 1. The van der Waals surface area contributed by atoms with Crippen LogP contribution in [-0.2, 0) is 7.05 Å². The third kappa shape index (κ3) is 4.50. The lowest BCUT2D eigenvalue weighted by Crippen LogP contribution is -2.30. The van der Waals surface area contributed by atoms with Gasteiger partial charge in [-0.25, -0.2) is 9.37 Å². The molecule has 0 saturated carbocycles. The van der Waals surface area contributed by atoms with Gasteiger partial charge in [0, 0.05) is 30.3 Å². The van der Waals surface area contributed by atoms with Crippen LogP contribution in [0.3, 0.4) is 0 Å². The van der Waals surface area contributed by atoms with Gasteiger partial charge in [-0.2, -0.15) is 5.10 Å². The Kier molecular flexibility index (Phi) is 5.83. The third-order valence-corrected chi connectivity index (χ3v) is 5.20. The van der Waals surface area contributed by atoms with Crippen LogP contribution in [0.4, 0.5) is 16.0 Å². The Bertz CT molecular complexity index is 1260. The van der Waals surface area contributed by atoms with Crippen molar-refractivity contribution < 1.29 is 14.3 Å². The van der Waals surface area contributed by atoms with Gasteiger partial charge in [0.05, 0.1) is 23.9 Å². The molecule has 0 fully saturated rings. The normalized spacial score (nSPS) is 12.0. The second-order valence-electron chi connectivity index (χ2n) is 6.98. The molecular weight excluding hydrogens is 421 g/mol. The summed E-state index contributed by atoms with van der Waals surface area (Å²) in [6, 6.07) is 12.2. The Hall–Kier alpha value is -3.49. The number of aliphatic hydroxyl groups excluding tert-OH is 1. The molecule has 1 atom stereocenters. The van der Waals surface area contributed by atoms with Crippen molar-refractivity contribution in [1.29, 1.82) is 0 Å². The van der Waals surface area contributed by atoms with E-state index in [-0.39, 0.29) is 11.6 Å². The van der Waals surface area contributed by atoms with Gasteiger partial charge < -0.3 is 15.7 Å². The molecule has 2 aromatic carbocycles. The second kappa shape index (κ2) is 8.71. The maximum Gasteiger partial charge on any atom is 0.251 e. The summed E-state index contributed by atoms with van der Waals surface area (Å²) in [6.45, 7) is -0.386. The second-order valence-corrected chi connectivity index (χ2v) is 7.39. The van der Waals surface area contributed by atoms with Crippen molar-refractivity contribution >= 4 is 39.9 Å². The number of anilines is 2. The minimum absolute atomic E-state index is 0.0227. The Morgan fingerprint density at radius 2 is 2.03 bits per heavy atom. The topological polar surface area (TPSA) is 92.1 Å². The van der Waals surface area contributed by atoms with Crippen molar-refractivity contribution in [2.45, 2.75) is 6.04 Å². The highest BCUT2D eigenvalue weighted by Crippen LogP contribution is 2.23. The average Bonchev–Trinajstić information content (AvgIpc) is 3.17. The first-order chi connectivity index (χ1) is 14.9. The highest BCUT2D eigenvalue weighted by molar-refractivity contribution is 6.30. The van der Waals surface area contributed by atoms with E-state index in [4.69, 9.17) is 11.6 Å². The molecule has 31 heavy (non-hydrogen) atoms. The van der Waals surface area contributed by atoms with Crippen molar-refractivity contribution in [1.82, 2.24) is 20.1 Å². The number of aromatic nitrogens is 3.